The van der Waals surface area contributed by atoms with Crippen LogP contribution >= 0.6 is 11.3 Å². The number of thiazole rings is 1. The summed E-state index contributed by atoms with van der Waals surface area (Å²) in [6.07, 6.45) is 0. The molecule has 4 nitrogen and oxygen atoms in total. The van der Waals surface area contributed by atoms with Crippen LogP contribution in [-0.2, 0) is 10.0 Å². The Bertz CT molecular complexity index is 561. The zero-order valence-electron chi connectivity index (χ0n) is 7.62. The summed E-state index contributed by atoms with van der Waals surface area (Å²) < 4.78 is 22.0. The summed E-state index contributed by atoms with van der Waals surface area (Å²) in [4.78, 5) is 3.96. The van der Waals surface area contributed by atoms with Crippen LogP contribution in [0.25, 0.3) is 10.6 Å². The minimum Gasteiger partial charge on any atom is -0.223 e. The number of benzene rings is 1. The molecule has 1 heterocycles. The minimum absolute atomic E-state index is 0.0775. The highest BCUT2D eigenvalue weighted by Gasteiger charge is 2.13. The van der Waals surface area contributed by atoms with Gasteiger partial charge < -0.3 is 0 Å². The van der Waals surface area contributed by atoms with Crippen molar-refractivity contribution in [3.63, 3.8) is 0 Å². The highest BCUT2D eigenvalue weighted by Crippen LogP contribution is 2.24. The van der Waals surface area contributed by atoms with E-state index in [1.807, 2.05) is 30.3 Å². The summed E-state index contributed by atoms with van der Waals surface area (Å²) in [5.74, 6) is 0. The first-order valence-corrected chi connectivity index (χ1v) is 6.54. The summed E-state index contributed by atoms with van der Waals surface area (Å²) >= 11 is 1.26. The molecule has 1 aromatic heterocycles. The number of hydrogen-bond acceptors (Lipinski definition) is 4. The van der Waals surface area contributed by atoms with E-state index in [9.17, 15) is 8.42 Å². The highest BCUT2D eigenvalue weighted by atomic mass is 32.2. The molecule has 2 aromatic rings. The summed E-state index contributed by atoms with van der Waals surface area (Å²) in [5.41, 5.74) is 0.886. The van der Waals surface area contributed by atoms with Crippen molar-refractivity contribution in [2.45, 2.75) is 5.03 Å². The van der Waals surface area contributed by atoms with Crippen LogP contribution in [0.3, 0.4) is 0 Å². The van der Waals surface area contributed by atoms with Crippen molar-refractivity contribution >= 4 is 21.4 Å². The lowest BCUT2D eigenvalue weighted by atomic mass is 10.2. The zero-order valence-corrected chi connectivity index (χ0v) is 9.25. The molecule has 0 aliphatic heterocycles. The van der Waals surface area contributed by atoms with Crippen LogP contribution in [-0.4, -0.2) is 13.4 Å². The second-order valence-electron chi connectivity index (χ2n) is 2.90. The SMILES string of the molecule is NS(=O)(=O)c1csc(-c2ccccc2)n1. The second-order valence-corrected chi connectivity index (χ2v) is 5.27. The Morgan fingerprint density at radius 2 is 1.87 bits per heavy atom. The molecular weight excluding hydrogens is 232 g/mol. The zero-order chi connectivity index (χ0) is 10.9. The van der Waals surface area contributed by atoms with E-state index in [1.54, 1.807) is 0 Å². The highest BCUT2D eigenvalue weighted by molar-refractivity contribution is 7.89. The first-order chi connectivity index (χ1) is 7.07. The Morgan fingerprint density at radius 1 is 1.20 bits per heavy atom. The maximum atomic E-state index is 11.0. The summed E-state index contributed by atoms with van der Waals surface area (Å²) in [7, 11) is -3.69. The quantitative estimate of drug-likeness (QED) is 0.863. The predicted molar refractivity (Wildman–Crippen MR) is 58.9 cm³/mol. The van der Waals surface area contributed by atoms with E-state index in [0.29, 0.717) is 5.01 Å². The molecule has 0 atom stereocenters. The average molecular weight is 240 g/mol. The Hall–Kier alpha value is -1.24. The van der Waals surface area contributed by atoms with Gasteiger partial charge in [-0.1, -0.05) is 30.3 Å². The molecule has 2 N–H and O–H groups in total. The second kappa shape index (κ2) is 3.73. The largest absolute Gasteiger partial charge is 0.256 e. The molecule has 78 valence electrons. The summed E-state index contributed by atoms with van der Waals surface area (Å²) in [6, 6.07) is 9.36. The molecule has 0 radical (unpaired) electrons. The van der Waals surface area contributed by atoms with Crippen LogP contribution in [0.15, 0.2) is 40.7 Å². The van der Waals surface area contributed by atoms with Gasteiger partial charge in [0.25, 0.3) is 10.0 Å². The summed E-state index contributed by atoms with van der Waals surface area (Å²) in [5, 5.41) is 6.98. The van der Waals surface area contributed by atoms with E-state index in [1.165, 1.54) is 16.7 Å². The van der Waals surface area contributed by atoms with Crippen LogP contribution in [0.5, 0.6) is 0 Å². The van der Waals surface area contributed by atoms with E-state index in [-0.39, 0.29) is 5.03 Å². The molecule has 0 unspecified atom stereocenters. The fourth-order valence-corrected chi connectivity index (χ4v) is 2.75. The van der Waals surface area contributed by atoms with Crippen LogP contribution in [0.1, 0.15) is 0 Å². The monoisotopic (exact) mass is 240 g/mol. The molecule has 0 aliphatic carbocycles. The van der Waals surface area contributed by atoms with Gasteiger partial charge in [0.1, 0.15) is 5.01 Å². The maximum Gasteiger partial charge on any atom is 0.256 e. The molecule has 0 aliphatic rings. The molecule has 0 fully saturated rings. The van der Waals surface area contributed by atoms with Gasteiger partial charge in [0.15, 0.2) is 5.03 Å². The normalized spacial score (nSPS) is 11.5. The van der Waals surface area contributed by atoms with Gasteiger partial charge >= 0.3 is 0 Å². The first-order valence-electron chi connectivity index (χ1n) is 4.11. The molecule has 0 bridgehead atoms. The number of sulfonamides is 1. The van der Waals surface area contributed by atoms with Gasteiger partial charge in [-0.2, -0.15) is 0 Å². The Labute approximate surface area is 91.4 Å². The average Bonchev–Trinajstić information content (AvgIpc) is 2.67. The van der Waals surface area contributed by atoms with Gasteiger partial charge in [-0.25, -0.2) is 18.5 Å². The minimum atomic E-state index is -3.69. The maximum absolute atomic E-state index is 11.0. The fourth-order valence-electron chi connectivity index (χ4n) is 1.10. The molecule has 6 heteroatoms. The van der Waals surface area contributed by atoms with E-state index in [4.69, 9.17) is 5.14 Å². The van der Waals surface area contributed by atoms with Crippen molar-refractivity contribution in [2.24, 2.45) is 5.14 Å². The lowest BCUT2D eigenvalue weighted by molar-refractivity contribution is 0.595. The number of hydrogen-bond donors (Lipinski definition) is 1. The fraction of sp³-hybridized carbons (Fsp3) is 0. The van der Waals surface area contributed by atoms with Crippen molar-refractivity contribution in [1.82, 2.24) is 4.98 Å². The smallest absolute Gasteiger partial charge is 0.223 e. The molecule has 1 aromatic carbocycles. The van der Waals surface area contributed by atoms with Crippen LogP contribution < -0.4 is 5.14 Å². The number of primary sulfonamides is 1. The third kappa shape index (κ3) is 2.23. The van der Waals surface area contributed by atoms with Crippen LogP contribution in [0.4, 0.5) is 0 Å². The van der Waals surface area contributed by atoms with Crippen molar-refractivity contribution in [3.05, 3.63) is 35.7 Å². The van der Waals surface area contributed by atoms with Crippen LogP contribution in [0, 0.1) is 0 Å². The first kappa shape index (κ1) is 10.3. The van der Waals surface area contributed by atoms with Gasteiger partial charge in [-0.3, -0.25) is 0 Å². The van der Waals surface area contributed by atoms with Gasteiger partial charge in [-0.15, -0.1) is 11.3 Å². The number of nitrogens with two attached hydrogens (primary N) is 1. The molecule has 15 heavy (non-hydrogen) atoms. The third-order valence-electron chi connectivity index (χ3n) is 1.80. The van der Waals surface area contributed by atoms with E-state index in [0.717, 1.165) is 5.56 Å². The molecule has 0 spiro atoms. The van der Waals surface area contributed by atoms with Crippen molar-refractivity contribution < 1.29 is 8.42 Å². The molecule has 0 saturated carbocycles. The van der Waals surface area contributed by atoms with E-state index < -0.39 is 10.0 Å². The molecule has 0 amide bonds. The van der Waals surface area contributed by atoms with Crippen LogP contribution in [0.2, 0.25) is 0 Å². The molecule has 2 rings (SSSR count). The van der Waals surface area contributed by atoms with Crippen molar-refractivity contribution in [2.75, 3.05) is 0 Å². The van der Waals surface area contributed by atoms with Gasteiger partial charge in [0.05, 0.1) is 0 Å². The van der Waals surface area contributed by atoms with Gasteiger partial charge in [0.2, 0.25) is 0 Å². The Morgan fingerprint density at radius 3 is 2.40 bits per heavy atom. The standard InChI is InChI=1S/C9H8N2O2S2/c10-15(12,13)8-6-14-9(11-8)7-4-2-1-3-5-7/h1-6H,(H2,10,12,13). The Kier molecular flexibility index (Phi) is 2.56. The summed E-state index contributed by atoms with van der Waals surface area (Å²) in [6.45, 7) is 0. The van der Waals surface area contributed by atoms with E-state index >= 15 is 0 Å². The molecule has 0 saturated heterocycles. The van der Waals surface area contributed by atoms with Crippen molar-refractivity contribution in [1.29, 1.82) is 0 Å². The molecular formula is C9H8N2O2S2. The van der Waals surface area contributed by atoms with Gasteiger partial charge in [-0.05, 0) is 0 Å². The number of rotatable bonds is 2. The Balaban J connectivity index is 2.46. The van der Waals surface area contributed by atoms with Gasteiger partial charge in [0, 0.05) is 10.9 Å². The van der Waals surface area contributed by atoms with Crippen molar-refractivity contribution in [3.8, 4) is 10.6 Å². The lowest BCUT2D eigenvalue weighted by Crippen LogP contribution is -2.12. The predicted octanol–water partition coefficient (Wildman–Crippen LogP) is 1.46. The number of aromatic nitrogens is 1. The third-order valence-corrected chi connectivity index (χ3v) is 3.63. The number of nitrogens with zero attached hydrogens (tertiary/aromatic N) is 1. The lowest BCUT2D eigenvalue weighted by Gasteiger charge is -1.93. The van der Waals surface area contributed by atoms with E-state index in [2.05, 4.69) is 4.98 Å². The topological polar surface area (TPSA) is 73.1 Å².